The minimum Gasteiger partial charge on any atom is -0.300 e. The summed E-state index contributed by atoms with van der Waals surface area (Å²) in [5.41, 5.74) is 0.723. The second-order valence-electron chi connectivity index (χ2n) is 10.3. The molecule has 0 bridgehead atoms. The summed E-state index contributed by atoms with van der Waals surface area (Å²) >= 11 is 2.93. The van der Waals surface area contributed by atoms with Crippen LogP contribution in [-0.4, -0.2) is 32.1 Å². The van der Waals surface area contributed by atoms with Crippen molar-refractivity contribution in [2.75, 3.05) is 5.32 Å². The van der Waals surface area contributed by atoms with Crippen molar-refractivity contribution in [1.29, 1.82) is 0 Å². The number of anilines is 1. The molecule has 0 saturated carbocycles. The molecule has 198 valence electrons. The predicted molar refractivity (Wildman–Crippen MR) is 153 cm³/mol. The lowest BCUT2D eigenvalue weighted by molar-refractivity contribution is -0.123. The van der Waals surface area contributed by atoms with Gasteiger partial charge in [0.25, 0.3) is 0 Å². The van der Waals surface area contributed by atoms with Crippen molar-refractivity contribution in [3.05, 3.63) is 86.8 Å². The number of rotatable bonds is 12. The Morgan fingerprint density at radius 2 is 1.18 bits per heavy atom. The number of hydrogen-bond acceptors (Lipinski definition) is 8. The fourth-order valence-electron chi connectivity index (χ4n) is 4.03. The lowest BCUT2D eigenvalue weighted by Crippen LogP contribution is -2.34. The van der Waals surface area contributed by atoms with Crippen LogP contribution in [-0.2, 0) is 39.7 Å². The van der Waals surface area contributed by atoms with Crippen LogP contribution < -0.4 is 5.32 Å². The number of nitrogens with zero attached hydrogens (tertiary/aromatic N) is 4. The molecular weight excluding hydrogens is 514 g/mol. The van der Waals surface area contributed by atoms with Gasteiger partial charge in [-0.15, -0.1) is 31.7 Å². The fraction of sp³-hybridized carbons (Fsp3) is 0.379. The van der Waals surface area contributed by atoms with Crippen LogP contribution in [0.25, 0.3) is 0 Å². The molecule has 4 rings (SSSR count). The van der Waals surface area contributed by atoms with Crippen molar-refractivity contribution < 1.29 is 9.59 Å². The molecule has 1 amide bonds. The van der Waals surface area contributed by atoms with E-state index in [1.54, 1.807) is 0 Å². The molecule has 38 heavy (non-hydrogen) atoms. The Labute approximate surface area is 231 Å². The first-order valence-corrected chi connectivity index (χ1v) is 14.4. The van der Waals surface area contributed by atoms with Crippen LogP contribution in [0, 0.1) is 0 Å². The highest BCUT2D eigenvalue weighted by Gasteiger charge is 2.31. The Hall–Kier alpha value is -3.30. The quantitative estimate of drug-likeness (QED) is 0.220. The predicted octanol–water partition coefficient (Wildman–Crippen LogP) is 5.96. The maximum Gasteiger partial charge on any atom is 0.236 e. The molecule has 4 aromatic rings. The smallest absolute Gasteiger partial charge is 0.236 e. The van der Waals surface area contributed by atoms with Crippen LogP contribution in [0.4, 0.5) is 5.13 Å². The molecule has 0 aliphatic carbocycles. The summed E-state index contributed by atoms with van der Waals surface area (Å²) < 4.78 is 0. The Bertz CT molecular complexity index is 1260. The zero-order valence-electron chi connectivity index (χ0n) is 22.2. The third-order valence-corrected chi connectivity index (χ3v) is 8.68. The van der Waals surface area contributed by atoms with Gasteiger partial charge in [0.2, 0.25) is 11.0 Å². The normalized spacial score (nSPS) is 11.9. The average Bonchev–Trinajstić information content (AvgIpc) is 3.56. The number of unbranched alkanes of at least 4 members (excludes halogenated alkanes) is 1. The summed E-state index contributed by atoms with van der Waals surface area (Å²) in [4.78, 5) is 25.8. The zero-order chi connectivity index (χ0) is 27.2. The van der Waals surface area contributed by atoms with E-state index >= 15 is 0 Å². The van der Waals surface area contributed by atoms with Gasteiger partial charge in [-0.1, -0.05) is 72.0 Å². The van der Waals surface area contributed by atoms with Crippen LogP contribution in [0.2, 0.25) is 0 Å². The van der Waals surface area contributed by atoms with Crippen LogP contribution in [0.1, 0.15) is 66.7 Å². The van der Waals surface area contributed by atoms with Gasteiger partial charge >= 0.3 is 0 Å². The molecule has 0 unspecified atom stereocenters. The standard InChI is InChI=1S/C29H33N5O2S2/c1-28(2,20-13-7-5-8-14-20)22(35)19-25-33-31-23(37-25)17-11-12-18-24-32-34-27(38-24)30-26(36)29(3,4)21-15-9-6-10-16-21/h5-10,13-16H,11-12,17-19H2,1-4H3,(H,30,34,36). The molecular formula is C29H33N5O2S2. The van der Waals surface area contributed by atoms with E-state index in [2.05, 4.69) is 25.7 Å². The molecule has 0 aliphatic rings. The highest BCUT2D eigenvalue weighted by molar-refractivity contribution is 7.15. The minimum absolute atomic E-state index is 0.107. The summed E-state index contributed by atoms with van der Waals surface area (Å²) in [6.07, 6.45) is 3.74. The second-order valence-corrected chi connectivity index (χ2v) is 12.5. The van der Waals surface area contributed by atoms with Crippen molar-refractivity contribution in [1.82, 2.24) is 20.4 Å². The van der Waals surface area contributed by atoms with Gasteiger partial charge in [0, 0.05) is 18.3 Å². The van der Waals surface area contributed by atoms with E-state index in [9.17, 15) is 9.59 Å². The molecule has 7 nitrogen and oxygen atoms in total. The number of ketones is 1. The molecule has 0 aliphatic heterocycles. The van der Waals surface area contributed by atoms with Crippen molar-refractivity contribution in [3.8, 4) is 0 Å². The van der Waals surface area contributed by atoms with Crippen molar-refractivity contribution in [3.63, 3.8) is 0 Å². The summed E-state index contributed by atoms with van der Waals surface area (Å²) in [6, 6.07) is 19.6. The van der Waals surface area contributed by atoms with Gasteiger partial charge < -0.3 is 0 Å². The number of aromatic nitrogens is 4. The third-order valence-electron chi connectivity index (χ3n) is 6.79. The largest absolute Gasteiger partial charge is 0.300 e. The first-order valence-electron chi connectivity index (χ1n) is 12.8. The van der Waals surface area contributed by atoms with Crippen LogP contribution in [0.15, 0.2) is 60.7 Å². The lowest BCUT2D eigenvalue weighted by atomic mass is 9.79. The van der Waals surface area contributed by atoms with Gasteiger partial charge in [-0.3, -0.25) is 14.9 Å². The molecule has 0 spiro atoms. The third kappa shape index (κ3) is 6.76. The van der Waals surface area contributed by atoms with Crippen molar-refractivity contribution in [2.45, 2.75) is 70.6 Å². The molecule has 0 radical (unpaired) electrons. The summed E-state index contributed by atoms with van der Waals surface area (Å²) in [6.45, 7) is 7.72. The summed E-state index contributed by atoms with van der Waals surface area (Å²) in [5.74, 6) is 0.0295. The summed E-state index contributed by atoms with van der Waals surface area (Å²) in [7, 11) is 0. The topological polar surface area (TPSA) is 97.7 Å². The van der Waals surface area contributed by atoms with E-state index in [0.29, 0.717) is 11.6 Å². The average molecular weight is 548 g/mol. The zero-order valence-corrected chi connectivity index (χ0v) is 23.9. The van der Waals surface area contributed by atoms with E-state index in [-0.39, 0.29) is 11.7 Å². The molecule has 1 N–H and O–H groups in total. The Morgan fingerprint density at radius 1 is 0.684 bits per heavy atom. The monoisotopic (exact) mass is 547 g/mol. The first-order chi connectivity index (χ1) is 18.2. The van der Waals surface area contributed by atoms with E-state index in [1.165, 1.54) is 22.7 Å². The van der Waals surface area contributed by atoms with Crippen molar-refractivity contribution >= 4 is 39.5 Å². The van der Waals surface area contributed by atoms with Gasteiger partial charge in [-0.25, -0.2) is 0 Å². The molecule has 2 aromatic heterocycles. The van der Waals surface area contributed by atoms with Crippen molar-refractivity contribution in [2.24, 2.45) is 0 Å². The summed E-state index contributed by atoms with van der Waals surface area (Å²) in [5, 5.41) is 23.0. The number of hydrogen-bond donors (Lipinski definition) is 1. The van der Waals surface area contributed by atoms with Gasteiger partial charge in [0.05, 0.1) is 11.8 Å². The van der Waals surface area contributed by atoms with E-state index in [1.807, 2.05) is 88.4 Å². The molecule has 9 heteroatoms. The molecule has 2 heterocycles. The molecule has 0 saturated heterocycles. The number of nitrogens with one attached hydrogen (secondary N) is 1. The van der Waals surface area contributed by atoms with Gasteiger partial charge in [0.15, 0.2) is 0 Å². The highest BCUT2D eigenvalue weighted by atomic mass is 32.1. The van der Waals surface area contributed by atoms with Crippen LogP contribution in [0.3, 0.4) is 0 Å². The maximum atomic E-state index is 13.0. The van der Waals surface area contributed by atoms with Crippen LogP contribution >= 0.6 is 22.7 Å². The fourth-order valence-corrected chi connectivity index (χ4v) is 5.69. The number of amides is 1. The minimum atomic E-state index is -0.671. The Morgan fingerprint density at radius 3 is 1.79 bits per heavy atom. The second kappa shape index (κ2) is 12.0. The van der Waals surface area contributed by atoms with E-state index < -0.39 is 10.8 Å². The first kappa shape index (κ1) is 27.7. The van der Waals surface area contributed by atoms with E-state index in [0.717, 1.165) is 51.8 Å². The SMILES string of the molecule is CC(C)(C(=O)Cc1nnc(CCCCc2nnc(NC(=O)C(C)(C)c3ccccc3)s2)s1)c1ccccc1. The molecule has 0 atom stereocenters. The maximum absolute atomic E-state index is 13.0. The van der Waals surface area contributed by atoms with Gasteiger partial charge in [-0.2, -0.15) is 0 Å². The Kier molecular flexibility index (Phi) is 8.79. The van der Waals surface area contributed by atoms with Crippen LogP contribution in [0.5, 0.6) is 0 Å². The van der Waals surface area contributed by atoms with Gasteiger partial charge in [0.1, 0.15) is 20.8 Å². The lowest BCUT2D eigenvalue weighted by Gasteiger charge is -2.23. The number of benzene rings is 2. The van der Waals surface area contributed by atoms with Gasteiger partial charge in [-0.05, 0) is 51.7 Å². The number of carbonyl (C=O) groups is 2. The highest BCUT2D eigenvalue weighted by Crippen LogP contribution is 2.28. The molecule has 2 aromatic carbocycles. The number of carbonyl (C=O) groups excluding carboxylic acids is 2. The van der Waals surface area contributed by atoms with E-state index in [4.69, 9.17) is 0 Å². The number of Topliss-reactive ketones (excluding diaryl/α,β-unsaturated/α-hetero) is 1. The Balaban J connectivity index is 1.22. The molecule has 0 fully saturated rings. The number of aryl methyl sites for hydroxylation is 2.